The Kier molecular flexibility index (Phi) is 3.27. The predicted octanol–water partition coefficient (Wildman–Crippen LogP) is 2.41. The lowest BCUT2D eigenvalue weighted by atomic mass is 9.94. The van der Waals surface area contributed by atoms with E-state index in [1.54, 1.807) is 7.11 Å². The number of likely N-dealkylation sites (N-methyl/N-ethyl adjacent to an activating group) is 1. The Morgan fingerprint density at radius 3 is 2.47 bits per heavy atom. The van der Waals surface area contributed by atoms with E-state index in [0.29, 0.717) is 5.92 Å². The van der Waals surface area contributed by atoms with Crippen molar-refractivity contribution in [3.05, 3.63) is 29.8 Å². The van der Waals surface area contributed by atoms with Gasteiger partial charge >= 0.3 is 0 Å². The Morgan fingerprint density at radius 2 is 2.00 bits per heavy atom. The highest BCUT2D eigenvalue weighted by Crippen LogP contribution is 2.42. The highest BCUT2D eigenvalue weighted by Gasteiger charge is 2.31. The average Bonchev–Trinajstić information content (AvgIpc) is 3.10. The molecule has 1 fully saturated rings. The molecule has 1 saturated carbocycles. The predicted molar refractivity (Wildman–Crippen MR) is 62.4 cm³/mol. The number of benzene rings is 1. The Balaban J connectivity index is 2.10. The Hall–Kier alpha value is -1.02. The summed E-state index contributed by atoms with van der Waals surface area (Å²) in [4.78, 5) is 0. The molecule has 1 aliphatic carbocycles. The fourth-order valence-electron chi connectivity index (χ4n) is 2.13. The molecule has 0 saturated heterocycles. The number of rotatable bonds is 5. The molecule has 82 valence electrons. The molecule has 2 nitrogen and oxygen atoms in total. The lowest BCUT2D eigenvalue weighted by Crippen LogP contribution is -2.18. The normalized spacial score (nSPS) is 17.5. The number of nitrogens with one attached hydrogen (secondary N) is 1. The molecule has 1 N–H and O–H groups in total. The summed E-state index contributed by atoms with van der Waals surface area (Å²) in [6.07, 6.45) is 2.77. The maximum absolute atomic E-state index is 5.17. The van der Waals surface area contributed by atoms with E-state index >= 15 is 0 Å². The van der Waals surface area contributed by atoms with E-state index in [0.717, 1.165) is 18.2 Å². The summed E-state index contributed by atoms with van der Waals surface area (Å²) in [6.45, 7) is 1.08. The van der Waals surface area contributed by atoms with E-state index in [-0.39, 0.29) is 0 Å². The van der Waals surface area contributed by atoms with Crippen LogP contribution in [0.25, 0.3) is 0 Å². The van der Waals surface area contributed by atoms with Crippen LogP contribution in [-0.4, -0.2) is 20.7 Å². The molecule has 1 atom stereocenters. The first-order valence-electron chi connectivity index (χ1n) is 5.63. The molecule has 1 unspecified atom stereocenters. The van der Waals surface area contributed by atoms with Crippen molar-refractivity contribution in [2.45, 2.75) is 18.8 Å². The zero-order chi connectivity index (χ0) is 10.7. The van der Waals surface area contributed by atoms with Gasteiger partial charge in [0.2, 0.25) is 0 Å². The third-order valence-electron chi connectivity index (χ3n) is 3.16. The second kappa shape index (κ2) is 4.67. The fourth-order valence-corrected chi connectivity index (χ4v) is 2.13. The molecular formula is C13H19NO. The number of methoxy groups -OCH3 is 1. The topological polar surface area (TPSA) is 21.3 Å². The first-order valence-corrected chi connectivity index (χ1v) is 5.63. The van der Waals surface area contributed by atoms with E-state index in [9.17, 15) is 0 Å². The minimum Gasteiger partial charge on any atom is -0.497 e. The van der Waals surface area contributed by atoms with Gasteiger partial charge in [0, 0.05) is 6.54 Å². The highest BCUT2D eigenvalue weighted by molar-refractivity contribution is 5.30. The number of hydrogen-bond acceptors (Lipinski definition) is 2. The molecule has 1 aromatic carbocycles. The van der Waals surface area contributed by atoms with E-state index in [4.69, 9.17) is 4.74 Å². The summed E-state index contributed by atoms with van der Waals surface area (Å²) in [5.41, 5.74) is 1.44. The summed E-state index contributed by atoms with van der Waals surface area (Å²) in [5.74, 6) is 2.52. The van der Waals surface area contributed by atoms with Crippen molar-refractivity contribution in [3.8, 4) is 5.75 Å². The standard InChI is InChI=1S/C13H19NO/c1-14-9-13(10-3-4-10)11-5-7-12(15-2)8-6-11/h5-8,10,13-14H,3-4,9H2,1-2H3. The van der Waals surface area contributed by atoms with E-state index in [1.807, 2.05) is 7.05 Å². The van der Waals surface area contributed by atoms with Crippen molar-refractivity contribution in [1.82, 2.24) is 5.32 Å². The second-order valence-electron chi connectivity index (χ2n) is 4.27. The van der Waals surface area contributed by atoms with Gasteiger partial charge in [0.05, 0.1) is 7.11 Å². The van der Waals surface area contributed by atoms with Gasteiger partial charge in [0.25, 0.3) is 0 Å². The van der Waals surface area contributed by atoms with Crippen LogP contribution in [-0.2, 0) is 0 Å². The molecule has 0 spiro atoms. The van der Waals surface area contributed by atoms with Crippen LogP contribution in [0.3, 0.4) is 0 Å². The number of hydrogen-bond donors (Lipinski definition) is 1. The molecule has 0 radical (unpaired) electrons. The van der Waals surface area contributed by atoms with E-state index < -0.39 is 0 Å². The van der Waals surface area contributed by atoms with Crippen molar-refractivity contribution in [2.24, 2.45) is 5.92 Å². The van der Waals surface area contributed by atoms with Crippen LogP contribution < -0.4 is 10.1 Å². The molecule has 0 amide bonds. The van der Waals surface area contributed by atoms with Crippen molar-refractivity contribution in [2.75, 3.05) is 20.7 Å². The number of ether oxygens (including phenoxy) is 1. The Bertz CT molecular complexity index is 303. The average molecular weight is 205 g/mol. The summed E-state index contributed by atoms with van der Waals surface area (Å²) in [6, 6.07) is 8.50. The van der Waals surface area contributed by atoms with Gasteiger partial charge in [-0.15, -0.1) is 0 Å². The Labute approximate surface area is 91.6 Å². The molecule has 1 aliphatic rings. The molecule has 0 bridgehead atoms. The molecule has 0 heterocycles. The lowest BCUT2D eigenvalue weighted by Gasteiger charge is -2.16. The molecule has 15 heavy (non-hydrogen) atoms. The van der Waals surface area contributed by atoms with Crippen LogP contribution in [0, 0.1) is 5.92 Å². The summed E-state index contributed by atoms with van der Waals surface area (Å²) in [5, 5.41) is 3.28. The molecule has 1 aromatic rings. The van der Waals surface area contributed by atoms with Crippen LogP contribution in [0.5, 0.6) is 5.75 Å². The van der Waals surface area contributed by atoms with Gasteiger partial charge in [-0.05, 0) is 49.4 Å². The molecular weight excluding hydrogens is 186 g/mol. The van der Waals surface area contributed by atoms with Crippen LogP contribution >= 0.6 is 0 Å². The first kappa shape index (κ1) is 10.5. The van der Waals surface area contributed by atoms with Crippen LogP contribution in [0.15, 0.2) is 24.3 Å². The van der Waals surface area contributed by atoms with Crippen molar-refractivity contribution in [3.63, 3.8) is 0 Å². The quantitative estimate of drug-likeness (QED) is 0.797. The minimum absolute atomic E-state index is 0.681. The monoisotopic (exact) mass is 205 g/mol. The van der Waals surface area contributed by atoms with Crippen LogP contribution in [0.1, 0.15) is 24.3 Å². The second-order valence-corrected chi connectivity index (χ2v) is 4.27. The highest BCUT2D eigenvalue weighted by atomic mass is 16.5. The first-order chi connectivity index (χ1) is 7.35. The summed E-state index contributed by atoms with van der Waals surface area (Å²) in [7, 11) is 3.74. The van der Waals surface area contributed by atoms with Crippen molar-refractivity contribution >= 4 is 0 Å². The lowest BCUT2D eigenvalue weighted by molar-refractivity contribution is 0.414. The van der Waals surface area contributed by atoms with E-state index in [2.05, 4.69) is 29.6 Å². The fraction of sp³-hybridized carbons (Fsp3) is 0.538. The van der Waals surface area contributed by atoms with Gasteiger partial charge in [-0.1, -0.05) is 12.1 Å². The molecule has 0 aliphatic heterocycles. The maximum Gasteiger partial charge on any atom is 0.118 e. The molecule has 2 heteroatoms. The van der Waals surface area contributed by atoms with Gasteiger partial charge in [-0.3, -0.25) is 0 Å². The SMILES string of the molecule is CNCC(c1ccc(OC)cc1)C1CC1. The molecule has 2 rings (SSSR count). The zero-order valence-corrected chi connectivity index (χ0v) is 9.49. The smallest absolute Gasteiger partial charge is 0.118 e. The Morgan fingerprint density at radius 1 is 1.33 bits per heavy atom. The maximum atomic E-state index is 5.17. The largest absolute Gasteiger partial charge is 0.497 e. The molecule has 0 aromatic heterocycles. The van der Waals surface area contributed by atoms with E-state index in [1.165, 1.54) is 18.4 Å². The van der Waals surface area contributed by atoms with Crippen molar-refractivity contribution < 1.29 is 4.74 Å². The van der Waals surface area contributed by atoms with Gasteiger partial charge < -0.3 is 10.1 Å². The third-order valence-corrected chi connectivity index (χ3v) is 3.16. The summed E-state index contributed by atoms with van der Waals surface area (Å²) >= 11 is 0. The summed E-state index contributed by atoms with van der Waals surface area (Å²) < 4.78 is 5.17. The zero-order valence-electron chi connectivity index (χ0n) is 9.49. The third kappa shape index (κ3) is 2.51. The van der Waals surface area contributed by atoms with Gasteiger partial charge in [-0.25, -0.2) is 0 Å². The van der Waals surface area contributed by atoms with Gasteiger partial charge in [0.15, 0.2) is 0 Å². The van der Waals surface area contributed by atoms with Gasteiger partial charge in [-0.2, -0.15) is 0 Å². The van der Waals surface area contributed by atoms with Gasteiger partial charge in [0.1, 0.15) is 5.75 Å². The van der Waals surface area contributed by atoms with Crippen LogP contribution in [0.4, 0.5) is 0 Å². The minimum atomic E-state index is 0.681. The van der Waals surface area contributed by atoms with Crippen LogP contribution in [0.2, 0.25) is 0 Å². The van der Waals surface area contributed by atoms with Crippen molar-refractivity contribution in [1.29, 1.82) is 0 Å².